The van der Waals surface area contributed by atoms with Gasteiger partial charge < -0.3 is 5.11 Å². The highest BCUT2D eigenvalue weighted by atomic mass is 16.3. The fourth-order valence-corrected chi connectivity index (χ4v) is 3.38. The Morgan fingerprint density at radius 3 is 2.08 bits per heavy atom. The third kappa shape index (κ3) is 1.19. The van der Waals surface area contributed by atoms with Crippen molar-refractivity contribution in [2.24, 2.45) is 17.3 Å². The molecule has 1 nitrogen and oxygen atoms in total. The minimum absolute atomic E-state index is 0.318. The molecule has 1 spiro atoms. The van der Waals surface area contributed by atoms with Crippen LogP contribution in [-0.4, -0.2) is 10.7 Å². The highest BCUT2D eigenvalue weighted by molar-refractivity contribution is 5.08. The van der Waals surface area contributed by atoms with Crippen LogP contribution in [-0.2, 0) is 0 Å². The van der Waals surface area contributed by atoms with Gasteiger partial charge in [0.2, 0.25) is 0 Å². The third-order valence-corrected chi connectivity index (χ3v) is 3.84. The van der Waals surface area contributed by atoms with Crippen molar-refractivity contribution in [2.45, 2.75) is 52.1 Å². The van der Waals surface area contributed by atoms with Crippen molar-refractivity contribution in [3.8, 4) is 0 Å². The number of rotatable bonds is 1. The van der Waals surface area contributed by atoms with E-state index in [0.29, 0.717) is 5.41 Å². The van der Waals surface area contributed by atoms with Gasteiger partial charge in [0.1, 0.15) is 0 Å². The van der Waals surface area contributed by atoms with Crippen molar-refractivity contribution < 1.29 is 5.11 Å². The smallest absolute Gasteiger partial charge is 0.0630 e. The van der Waals surface area contributed by atoms with Crippen LogP contribution in [0.5, 0.6) is 0 Å². The van der Waals surface area contributed by atoms with Crippen LogP contribution in [0.2, 0.25) is 0 Å². The topological polar surface area (TPSA) is 20.2 Å². The first kappa shape index (κ1) is 8.55. The maximum absolute atomic E-state index is 9.64. The molecule has 2 rings (SSSR count). The molecule has 0 atom stereocenters. The Morgan fingerprint density at radius 1 is 1.25 bits per heavy atom. The first-order valence-corrected chi connectivity index (χ1v) is 5.15. The minimum atomic E-state index is -0.318. The van der Waals surface area contributed by atoms with Gasteiger partial charge in [-0.2, -0.15) is 0 Å². The molecule has 2 fully saturated rings. The zero-order chi connectivity index (χ0) is 8.98. The molecular weight excluding hydrogens is 148 g/mol. The third-order valence-electron chi connectivity index (χ3n) is 3.84. The number of hydrogen-bond acceptors (Lipinski definition) is 1. The summed E-state index contributed by atoms with van der Waals surface area (Å²) in [6.07, 6.45) is 4.87. The van der Waals surface area contributed by atoms with E-state index in [1.807, 2.05) is 6.92 Å². The average Bonchev–Trinajstić information content (AvgIpc) is 1.75. The maximum atomic E-state index is 9.64. The summed E-state index contributed by atoms with van der Waals surface area (Å²) in [4.78, 5) is 0. The molecule has 2 aliphatic rings. The van der Waals surface area contributed by atoms with Crippen molar-refractivity contribution in [1.29, 1.82) is 0 Å². The van der Waals surface area contributed by atoms with Crippen LogP contribution in [0.25, 0.3) is 0 Å². The predicted molar refractivity (Wildman–Crippen MR) is 49.9 cm³/mol. The molecule has 0 aliphatic heterocycles. The normalized spacial score (nSPS) is 52.2. The summed E-state index contributed by atoms with van der Waals surface area (Å²) < 4.78 is 0. The van der Waals surface area contributed by atoms with Crippen molar-refractivity contribution in [2.75, 3.05) is 0 Å². The summed E-state index contributed by atoms with van der Waals surface area (Å²) in [6, 6.07) is 0. The standard InChI is InChI=1S/C11H20O/c1-8(2)9-4-11(5-9)6-10(3,12)7-11/h8-9,12H,4-7H2,1-3H3. The van der Waals surface area contributed by atoms with E-state index in [2.05, 4.69) is 13.8 Å². The van der Waals surface area contributed by atoms with Crippen LogP contribution in [0.1, 0.15) is 46.5 Å². The Bertz CT molecular complexity index is 177. The molecule has 0 heterocycles. The van der Waals surface area contributed by atoms with E-state index in [-0.39, 0.29) is 5.60 Å². The van der Waals surface area contributed by atoms with Crippen molar-refractivity contribution in [1.82, 2.24) is 0 Å². The monoisotopic (exact) mass is 168 g/mol. The lowest BCUT2D eigenvalue weighted by Crippen LogP contribution is -2.57. The zero-order valence-electron chi connectivity index (χ0n) is 8.43. The van der Waals surface area contributed by atoms with E-state index in [0.717, 1.165) is 24.7 Å². The Morgan fingerprint density at radius 2 is 1.75 bits per heavy atom. The lowest BCUT2D eigenvalue weighted by molar-refractivity contribution is -0.177. The zero-order valence-corrected chi connectivity index (χ0v) is 8.43. The molecule has 2 aliphatic carbocycles. The lowest BCUT2D eigenvalue weighted by atomic mass is 9.45. The molecular formula is C11H20O. The summed E-state index contributed by atoms with van der Waals surface area (Å²) in [5.41, 5.74) is 0.264. The maximum Gasteiger partial charge on any atom is 0.0630 e. The van der Waals surface area contributed by atoms with Gasteiger partial charge >= 0.3 is 0 Å². The highest BCUT2D eigenvalue weighted by Crippen LogP contribution is 2.63. The summed E-state index contributed by atoms with van der Waals surface area (Å²) >= 11 is 0. The molecule has 12 heavy (non-hydrogen) atoms. The fourth-order valence-electron chi connectivity index (χ4n) is 3.38. The van der Waals surface area contributed by atoms with E-state index in [1.165, 1.54) is 12.8 Å². The molecule has 0 aromatic carbocycles. The second-order valence-corrected chi connectivity index (χ2v) is 5.76. The second-order valence-electron chi connectivity index (χ2n) is 5.76. The Balaban J connectivity index is 1.83. The van der Waals surface area contributed by atoms with Crippen molar-refractivity contribution in [3.63, 3.8) is 0 Å². The van der Waals surface area contributed by atoms with Crippen LogP contribution in [0, 0.1) is 17.3 Å². The molecule has 0 bridgehead atoms. The first-order chi connectivity index (χ1) is 5.43. The quantitative estimate of drug-likeness (QED) is 0.638. The van der Waals surface area contributed by atoms with Crippen LogP contribution in [0.3, 0.4) is 0 Å². The predicted octanol–water partition coefficient (Wildman–Crippen LogP) is 2.58. The van der Waals surface area contributed by atoms with Crippen LogP contribution < -0.4 is 0 Å². The first-order valence-electron chi connectivity index (χ1n) is 5.15. The Labute approximate surface area is 75.2 Å². The molecule has 0 amide bonds. The van der Waals surface area contributed by atoms with E-state index >= 15 is 0 Å². The number of hydrogen-bond donors (Lipinski definition) is 1. The Hall–Kier alpha value is -0.0400. The van der Waals surface area contributed by atoms with Gasteiger partial charge in [0.25, 0.3) is 0 Å². The Kier molecular flexibility index (Phi) is 1.61. The van der Waals surface area contributed by atoms with Gasteiger partial charge in [0, 0.05) is 0 Å². The summed E-state index contributed by atoms with van der Waals surface area (Å²) in [5.74, 6) is 1.79. The summed E-state index contributed by atoms with van der Waals surface area (Å²) in [7, 11) is 0. The molecule has 1 N–H and O–H groups in total. The molecule has 0 aromatic rings. The van der Waals surface area contributed by atoms with E-state index in [1.54, 1.807) is 0 Å². The van der Waals surface area contributed by atoms with Crippen LogP contribution in [0.4, 0.5) is 0 Å². The minimum Gasteiger partial charge on any atom is -0.390 e. The average molecular weight is 168 g/mol. The van der Waals surface area contributed by atoms with E-state index < -0.39 is 0 Å². The summed E-state index contributed by atoms with van der Waals surface area (Å²) in [6.45, 7) is 6.60. The van der Waals surface area contributed by atoms with Gasteiger partial charge in [0.05, 0.1) is 5.60 Å². The van der Waals surface area contributed by atoms with Crippen LogP contribution >= 0.6 is 0 Å². The van der Waals surface area contributed by atoms with Gasteiger partial charge in [-0.1, -0.05) is 13.8 Å². The second kappa shape index (κ2) is 2.25. The molecule has 1 heteroatoms. The highest BCUT2D eigenvalue weighted by Gasteiger charge is 2.57. The van der Waals surface area contributed by atoms with Crippen molar-refractivity contribution >= 4 is 0 Å². The lowest BCUT2D eigenvalue weighted by Gasteiger charge is -2.61. The van der Waals surface area contributed by atoms with Crippen molar-refractivity contribution in [3.05, 3.63) is 0 Å². The van der Waals surface area contributed by atoms with Crippen LogP contribution in [0.15, 0.2) is 0 Å². The molecule has 0 saturated heterocycles. The molecule has 0 radical (unpaired) electrons. The molecule has 0 unspecified atom stereocenters. The van der Waals surface area contributed by atoms with Gasteiger partial charge in [-0.15, -0.1) is 0 Å². The SMILES string of the molecule is CC(C)C1CC2(C1)CC(C)(O)C2. The van der Waals surface area contributed by atoms with E-state index in [4.69, 9.17) is 0 Å². The van der Waals surface area contributed by atoms with Gasteiger partial charge in [-0.05, 0) is 49.9 Å². The van der Waals surface area contributed by atoms with Gasteiger partial charge in [-0.25, -0.2) is 0 Å². The molecule has 0 aromatic heterocycles. The molecule has 70 valence electrons. The van der Waals surface area contributed by atoms with Gasteiger partial charge in [0.15, 0.2) is 0 Å². The van der Waals surface area contributed by atoms with Gasteiger partial charge in [-0.3, -0.25) is 0 Å². The van der Waals surface area contributed by atoms with E-state index in [9.17, 15) is 5.11 Å². The fraction of sp³-hybridized carbons (Fsp3) is 1.00. The molecule has 2 saturated carbocycles. The number of aliphatic hydroxyl groups is 1. The largest absolute Gasteiger partial charge is 0.390 e. The summed E-state index contributed by atoms with van der Waals surface area (Å²) in [5, 5.41) is 9.64.